The Morgan fingerprint density at radius 3 is 1.30 bits per heavy atom. The molecule has 0 spiro atoms. The Morgan fingerprint density at radius 1 is 1.00 bits per heavy atom. The van der Waals surface area contributed by atoms with Crippen molar-refractivity contribution in [3.8, 4) is 0 Å². The van der Waals surface area contributed by atoms with Crippen molar-refractivity contribution in [2.45, 2.75) is 47.5 Å². The van der Waals surface area contributed by atoms with E-state index in [4.69, 9.17) is 11.6 Å². The molecule has 0 aliphatic heterocycles. The molecule has 0 aliphatic carbocycles. The van der Waals surface area contributed by atoms with Crippen molar-refractivity contribution in [2.24, 2.45) is 0 Å². The van der Waals surface area contributed by atoms with Gasteiger partial charge in [0.2, 0.25) is 0 Å². The second-order valence-corrected chi connectivity index (χ2v) is 3.66. The Labute approximate surface area is 213 Å². The quantitative estimate of drug-likeness (QED) is 0.228. The molecule has 0 aromatic carbocycles. The monoisotopic (exact) mass is 576 g/mol. The number of hydrogen-bond donors (Lipinski definition) is 0. The van der Waals surface area contributed by atoms with Gasteiger partial charge in [-0.3, -0.25) is 0 Å². The minimum absolute atomic E-state index is 0. The molecule has 0 aromatic heterocycles. The summed E-state index contributed by atoms with van der Waals surface area (Å²) in [4.78, 5) is 0. The minimum Gasteiger partial charge on any atom is -0.127 e. The summed E-state index contributed by atoms with van der Waals surface area (Å²) in [6, 6.07) is 0. The maximum atomic E-state index is 5.00. The van der Waals surface area contributed by atoms with Crippen LogP contribution in [0.5, 0.6) is 0 Å². The van der Waals surface area contributed by atoms with E-state index in [9.17, 15) is 0 Å². The average molecular weight is 579 g/mol. The zero-order valence-corrected chi connectivity index (χ0v) is 22.9. The molecule has 0 saturated carbocycles. The molecule has 0 heterocycles. The van der Waals surface area contributed by atoms with Crippen LogP contribution in [0.2, 0.25) is 0 Å². The van der Waals surface area contributed by atoms with Crippen LogP contribution in [0.4, 0.5) is 0 Å². The fourth-order valence-electron chi connectivity index (χ4n) is 0.493. The number of alkyl halides is 1. The summed E-state index contributed by atoms with van der Waals surface area (Å²) in [7, 11) is 0. The number of rotatable bonds is 3. The van der Waals surface area contributed by atoms with Gasteiger partial charge in [-0.15, -0.1) is 11.6 Å². The topological polar surface area (TPSA) is 0 Å². The molecule has 0 rings (SSSR count). The van der Waals surface area contributed by atoms with Gasteiger partial charge in [0, 0.05) is 121 Å². The molecule has 4 radical (unpaired) electrons. The zero-order valence-electron chi connectivity index (χ0n) is 13.4. The molecule has 6 heteroatoms. The van der Waals surface area contributed by atoms with E-state index >= 15 is 0 Å². The SMILES string of the molecule is C=CC(=C)C.CC/C=C(/C)CC.CCCl.[Nd].[V].[V].[V].[V]. The smallest absolute Gasteiger partial charge is 0.0195 e. The number of hydrogen-bond acceptors (Lipinski definition) is 0. The first-order valence-electron chi connectivity index (χ1n) is 5.49. The summed E-state index contributed by atoms with van der Waals surface area (Å²) in [5.41, 5.74) is 2.52. The summed E-state index contributed by atoms with van der Waals surface area (Å²) in [5, 5.41) is 0. The van der Waals surface area contributed by atoms with Gasteiger partial charge >= 0.3 is 0 Å². The van der Waals surface area contributed by atoms with Crippen molar-refractivity contribution in [1.29, 1.82) is 0 Å². The van der Waals surface area contributed by atoms with E-state index in [0.717, 1.165) is 11.5 Å². The van der Waals surface area contributed by atoms with Gasteiger partial charge in [-0.05, 0) is 26.7 Å². The van der Waals surface area contributed by atoms with Crippen molar-refractivity contribution in [2.75, 3.05) is 5.88 Å². The molecule has 0 nitrogen and oxygen atoms in total. The Bertz CT molecular complexity index is 186. The van der Waals surface area contributed by atoms with Crippen molar-refractivity contribution >= 4 is 11.6 Å². The maximum absolute atomic E-state index is 5.00. The van der Waals surface area contributed by atoms with Crippen LogP contribution in [-0.4, -0.2) is 5.88 Å². The standard InChI is InChI=1S/C7H14.C5H8.C2H5Cl.Nd.4V/c1-4-6-7(3)5-2;1-4-5(2)3;1-2-3;;;;;/h6H,4-5H2,1-3H3;4H,1-2H2,3H3;2H2,1H3;;;;;/b7-6-;;;;;;;. The first-order valence-corrected chi connectivity index (χ1v) is 6.02. The van der Waals surface area contributed by atoms with Crippen LogP contribution in [-0.2, 0) is 74.2 Å². The molecular weight excluding hydrogens is 552 g/mol. The van der Waals surface area contributed by atoms with E-state index in [0.29, 0.717) is 0 Å². The van der Waals surface area contributed by atoms with E-state index in [1.165, 1.54) is 18.4 Å². The molecule has 0 saturated heterocycles. The minimum atomic E-state index is 0. The van der Waals surface area contributed by atoms with Crippen molar-refractivity contribution in [3.63, 3.8) is 0 Å². The fraction of sp³-hybridized carbons (Fsp3) is 0.571. The van der Waals surface area contributed by atoms with Crippen LogP contribution in [0.25, 0.3) is 0 Å². The summed E-state index contributed by atoms with van der Waals surface area (Å²) >= 11 is 5.00. The van der Waals surface area contributed by atoms with Gasteiger partial charge in [-0.1, -0.05) is 57.2 Å². The van der Waals surface area contributed by atoms with E-state index < -0.39 is 0 Å². The summed E-state index contributed by atoms with van der Waals surface area (Å²) in [6.07, 6.45) is 6.37. The molecule has 0 atom stereocenters. The van der Waals surface area contributed by atoms with E-state index in [-0.39, 0.29) is 115 Å². The van der Waals surface area contributed by atoms with Crippen molar-refractivity contribution < 1.29 is 115 Å². The van der Waals surface area contributed by atoms with E-state index in [2.05, 4.69) is 40.0 Å². The van der Waals surface area contributed by atoms with Gasteiger partial charge < -0.3 is 0 Å². The summed E-state index contributed by atoms with van der Waals surface area (Å²) in [5.74, 6) is 0.722. The summed E-state index contributed by atoms with van der Waals surface area (Å²) in [6.45, 7) is 17.3. The van der Waals surface area contributed by atoms with Gasteiger partial charge in [-0.2, -0.15) is 0 Å². The van der Waals surface area contributed by atoms with Crippen LogP contribution >= 0.6 is 11.6 Å². The fourth-order valence-corrected chi connectivity index (χ4v) is 0.493. The molecular formula is C14H27ClNdV4. The van der Waals surface area contributed by atoms with Crippen LogP contribution in [0.15, 0.2) is 36.5 Å². The number of allylic oxidation sites excluding steroid dienone is 4. The molecule has 0 bridgehead atoms. The molecule has 20 heavy (non-hydrogen) atoms. The van der Waals surface area contributed by atoms with Crippen LogP contribution < -0.4 is 0 Å². The Hall–Kier alpha value is 3.20. The maximum Gasteiger partial charge on any atom is 0.0195 e. The van der Waals surface area contributed by atoms with Crippen LogP contribution in [0.3, 0.4) is 0 Å². The molecule has 114 valence electrons. The first-order chi connectivity index (χ1) is 6.99. The third-order valence-corrected chi connectivity index (χ3v) is 1.46. The largest absolute Gasteiger partial charge is 0.127 e. The predicted octanol–water partition coefficient (Wildman–Crippen LogP) is 5.74. The summed E-state index contributed by atoms with van der Waals surface area (Å²) < 4.78 is 0. The van der Waals surface area contributed by atoms with Crippen LogP contribution in [0.1, 0.15) is 47.5 Å². The average Bonchev–Trinajstić information content (AvgIpc) is 2.20. The van der Waals surface area contributed by atoms with Crippen LogP contribution in [0, 0.1) is 40.8 Å². The molecule has 0 N–H and O–H groups in total. The second-order valence-electron chi connectivity index (χ2n) is 3.13. The van der Waals surface area contributed by atoms with Gasteiger partial charge in [0.15, 0.2) is 0 Å². The van der Waals surface area contributed by atoms with E-state index in [1.807, 2.05) is 13.8 Å². The van der Waals surface area contributed by atoms with Gasteiger partial charge in [0.05, 0.1) is 0 Å². The van der Waals surface area contributed by atoms with Crippen molar-refractivity contribution in [1.82, 2.24) is 0 Å². The third kappa shape index (κ3) is 83.2. The Kier molecular flexibility index (Phi) is 122. The zero-order chi connectivity index (χ0) is 12.7. The van der Waals surface area contributed by atoms with E-state index in [1.54, 1.807) is 6.08 Å². The predicted molar refractivity (Wildman–Crippen MR) is 75.7 cm³/mol. The second kappa shape index (κ2) is 49.5. The Balaban J connectivity index is -0.0000000169. The molecule has 0 amide bonds. The Morgan fingerprint density at radius 2 is 1.25 bits per heavy atom. The van der Waals surface area contributed by atoms with Gasteiger partial charge in [-0.25, -0.2) is 0 Å². The third-order valence-electron chi connectivity index (χ3n) is 1.46. The first kappa shape index (κ1) is 49.5. The number of halogens is 1. The molecule has 0 fully saturated rings. The van der Waals surface area contributed by atoms with Gasteiger partial charge in [0.25, 0.3) is 0 Å². The molecule has 0 unspecified atom stereocenters. The normalized spacial score (nSPS) is 6.80. The van der Waals surface area contributed by atoms with Gasteiger partial charge in [0.1, 0.15) is 0 Å². The van der Waals surface area contributed by atoms with Crippen molar-refractivity contribution in [3.05, 3.63) is 36.5 Å². The molecule has 0 aliphatic rings. The molecule has 0 aromatic rings.